The van der Waals surface area contributed by atoms with Crippen molar-refractivity contribution in [2.75, 3.05) is 18.1 Å². The number of carbonyl (C=O) groups is 3. The highest BCUT2D eigenvalue weighted by Gasteiger charge is 2.50. The number of hydrogen-bond donors (Lipinski definition) is 2. The number of rotatable bonds is 4. The monoisotopic (exact) mass is 443 g/mol. The Hall–Kier alpha value is -1.94. The summed E-state index contributed by atoms with van der Waals surface area (Å²) in [6.07, 6.45) is 0.336. The zero-order valence-corrected chi connectivity index (χ0v) is 16.4. The number of sulfone groups is 1. The van der Waals surface area contributed by atoms with E-state index in [0.29, 0.717) is 16.5 Å². The Morgan fingerprint density at radius 1 is 1.38 bits per heavy atom. The van der Waals surface area contributed by atoms with E-state index < -0.39 is 45.8 Å². The molecular formula is C16H18BrN3O5S. The topological polar surface area (TPSA) is 113 Å². The average molecular weight is 444 g/mol. The van der Waals surface area contributed by atoms with Crippen molar-refractivity contribution in [1.29, 1.82) is 0 Å². The van der Waals surface area contributed by atoms with E-state index in [1.807, 2.05) is 0 Å². The quantitative estimate of drug-likeness (QED) is 0.658. The molecule has 0 bridgehead atoms. The number of nitrogens with one attached hydrogen (secondary N) is 2. The highest BCUT2D eigenvalue weighted by atomic mass is 79.9. The predicted octanol–water partition coefficient (Wildman–Crippen LogP) is 0.519. The standard InChI is InChI=1S/C16H18BrN3O5S/c1-16(11-4-2-3-5-12(11)17)14(22)20(15(23)19-16)8-13(21)18-10-6-7-26(24,25)9-10/h2-5,10H,6-9H2,1H3,(H,18,21)(H,19,23)/t10-,16-/m1/s1. The lowest BCUT2D eigenvalue weighted by Crippen LogP contribution is -2.45. The van der Waals surface area contributed by atoms with Crippen LogP contribution in [0.3, 0.4) is 0 Å². The largest absolute Gasteiger partial charge is 0.351 e. The van der Waals surface area contributed by atoms with E-state index in [2.05, 4.69) is 26.6 Å². The van der Waals surface area contributed by atoms with Crippen LogP contribution in [-0.4, -0.2) is 55.3 Å². The van der Waals surface area contributed by atoms with E-state index in [4.69, 9.17) is 0 Å². The van der Waals surface area contributed by atoms with Crippen molar-refractivity contribution in [1.82, 2.24) is 15.5 Å². The summed E-state index contributed by atoms with van der Waals surface area (Å²) in [7, 11) is -3.13. The first-order valence-corrected chi connectivity index (χ1v) is 10.6. The number of benzene rings is 1. The molecule has 1 aromatic carbocycles. The third-order valence-electron chi connectivity index (χ3n) is 4.59. The van der Waals surface area contributed by atoms with Crippen molar-refractivity contribution < 1.29 is 22.8 Å². The Bertz CT molecular complexity index is 888. The van der Waals surface area contributed by atoms with Crippen LogP contribution in [0, 0.1) is 0 Å². The molecular weight excluding hydrogens is 426 g/mol. The summed E-state index contributed by atoms with van der Waals surface area (Å²) in [5.41, 5.74) is -0.697. The fourth-order valence-electron chi connectivity index (χ4n) is 3.22. The molecule has 2 atom stereocenters. The number of imide groups is 1. The lowest BCUT2D eigenvalue weighted by atomic mass is 9.92. The first-order valence-electron chi connectivity index (χ1n) is 8.01. The Morgan fingerprint density at radius 2 is 2.08 bits per heavy atom. The lowest BCUT2D eigenvalue weighted by Gasteiger charge is -2.23. The van der Waals surface area contributed by atoms with Gasteiger partial charge in [-0.25, -0.2) is 13.2 Å². The Morgan fingerprint density at radius 3 is 2.69 bits per heavy atom. The van der Waals surface area contributed by atoms with Crippen LogP contribution >= 0.6 is 15.9 Å². The molecule has 2 aliphatic heterocycles. The minimum absolute atomic E-state index is 0.0290. The molecule has 140 valence electrons. The summed E-state index contributed by atoms with van der Waals surface area (Å²) in [4.78, 5) is 38.1. The summed E-state index contributed by atoms with van der Waals surface area (Å²) in [5, 5.41) is 5.21. The second kappa shape index (κ2) is 6.66. The minimum atomic E-state index is -3.13. The average Bonchev–Trinajstić information content (AvgIpc) is 2.99. The molecule has 2 N–H and O–H groups in total. The highest BCUT2D eigenvalue weighted by Crippen LogP contribution is 2.33. The minimum Gasteiger partial charge on any atom is -0.351 e. The van der Waals surface area contributed by atoms with Crippen molar-refractivity contribution >= 4 is 43.6 Å². The highest BCUT2D eigenvalue weighted by molar-refractivity contribution is 9.10. The Balaban J connectivity index is 1.72. The number of urea groups is 1. The van der Waals surface area contributed by atoms with Gasteiger partial charge in [-0.15, -0.1) is 0 Å². The molecule has 2 fully saturated rings. The maximum Gasteiger partial charge on any atom is 0.325 e. The van der Waals surface area contributed by atoms with Gasteiger partial charge < -0.3 is 10.6 Å². The van der Waals surface area contributed by atoms with Crippen molar-refractivity contribution in [2.45, 2.75) is 24.9 Å². The van der Waals surface area contributed by atoms with Gasteiger partial charge in [0.25, 0.3) is 5.91 Å². The maximum atomic E-state index is 12.8. The van der Waals surface area contributed by atoms with E-state index in [1.54, 1.807) is 31.2 Å². The third-order valence-corrected chi connectivity index (χ3v) is 7.05. The van der Waals surface area contributed by atoms with Crippen LogP contribution in [0.15, 0.2) is 28.7 Å². The molecule has 0 saturated carbocycles. The number of halogens is 1. The Kier molecular flexibility index (Phi) is 4.82. The number of nitrogens with zero attached hydrogens (tertiary/aromatic N) is 1. The maximum absolute atomic E-state index is 12.8. The third kappa shape index (κ3) is 3.48. The fourth-order valence-corrected chi connectivity index (χ4v) is 5.57. The number of carbonyl (C=O) groups excluding carboxylic acids is 3. The van der Waals surface area contributed by atoms with E-state index in [0.717, 1.165) is 4.90 Å². The van der Waals surface area contributed by atoms with Crippen molar-refractivity contribution in [3.05, 3.63) is 34.3 Å². The van der Waals surface area contributed by atoms with Crippen LogP contribution in [0.2, 0.25) is 0 Å². The molecule has 10 heteroatoms. The molecule has 0 aromatic heterocycles. The second-order valence-corrected chi connectivity index (χ2v) is 9.68. The molecule has 4 amide bonds. The second-order valence-electron chi connectivity index (χ2n) is 6.59. The molecule has 0 radical (unpaired) electrons. The summed E-state index contributed by atoms with van der Waals surface area (Å²) in [6.45, 7) is 1.12. The first-order chi connectivity index (χ1) is 12.1. The van der Waals surface area contributed by atoms with Gasteiger partial charge in [0.15, 0.2) is 9.84 Å². The molecule has 0 spiro atoms. The zero-order chi connectivity index (χ0) is 19.1. The van der Waals surface area contributed by atoms with E-state index >= 15 is 0 Å². The molecule has 1 aromatic rings. The van der Waals surface area contributed by atoms with Gasteiger partial charge in [0.1, 0.15) is 12.1 Å². The van der Waals surface area contributed by atoms with E-state index in [9.17, 15) is 22.8 Å². The lowest BCUT2D eigenvalue weighted by molar-refractivity contribution is -0.135. The molecule has 3 rings (SSSR count). The molecule has 0 aliphatic carbocycles. The van der Waals surface area contributed by atoms with Gasteiger partial charge in [0.2, 0.25) is 5.91 Å². The number of hydrogen-bond acceptors (Lipinski definition) is 5. The van der Waals surface area contributed by atoms with Gasteiger partial charge in [0.05, 0.1) is 11.5 Å². The smallest absolute Gasteiger partial charge is 0.325 e. The van der Waals surface area contributed by atoms with Gasteiger partial charge in [-0.1, -0.05) is 34.1 Å². The van der Waals surface area contributed by atoms with Crippen molar-refractivity contribution in [3.63, 3.8) is 0 Å². The van der Waals surface area contributed by atoms with Gasteiger partial charge in [-0.3, -0.25) is 14.5 Å². The van der Waals surface area contributed by atoms with Crippen LogP contribution in [0.4, 0.5) is 4.79 Å². The van der Waals surface area contributed by atoms with Crippen LogP contribution in [0.5, 0.6) is 0 Å². The summed E-state index contributed by atoms with van der Waals surface area (Å²) >= 11 is 3.37. The van der Waals surface area contributed by atoms with Gasteiger partial charge in [-0.2, -0.15) is 0 Å². The van der Waals surface area contributed by atoms with Crippen LogP contribution in [0.1, 0.15) is 18.9 Å². The summed E-state index contributed by atoms with van der Waals surface area (Å²) in [5.74, 6) is -1.19. The van der Waals surface area contributed by atoms with Crippen LogP contribution in [0.25, 0.3) is 0 Å². The van der Waals surface area contributed by atoms with E-state index in [-0.39, 0.29) is 11.5 Å². The van der Waals surface area contributed by atoms with Crippen LogP contribution in [-0.2, 0) is 25.0 Å². The van der Waals surface area contributed by atoms with Crippen LogP contribution < -0.4 is 10.6 Å². The summed E-state index contributed by atoms with van der Waals surface area (Å²) in [6, 6.07) is 5.87. The van der Waals surface area contributed by atoms with Gasteiger partial charge >= 0.3 is 6.03 Å². The van der Waals surface area contributed by atoms with Crippen molar-refractivity contribution in [3.8, 4) is 0 Å². The SMILES string of the molecule is C[C@]1(c2ccccc2Br)NC(=O)N(CC(=O)N[C@@H]2CCS(=O)(=O)C2)C1=O. The fraction of sp³-hybridized carbons (Fsp3) is 0.438. The normalized spacial score (nSPS) is 27.5. The first kappa shape index (κ1) is 18.8. The van der Waals surface area contributed by atoms with Crippen molar-refractivity contribution in [2.24, 2.45) is 0 Å². The zero-order valence-electron chi connectivity index (χ0n) is 14.0. The summed E-state index contributed by atoms with van der Waals surface area (Å²) < 4.78 is 23.6. The van der Waals surface area contributed by atoms with E-state index in [1.165, 1.54) is 0 Å². The molecule has 8 nitrogen and oxygen atoms in total. The van der Waals surface area contributed by atoms with Gasteiger partial charge in [-0.05, 0) is 19.4 Å². The predicted molar refractivity (Wildman–Crippen MR) is 96.9 cm³/mol. The molecule has 2 aliphatic rings. The Labute approximate surface area is 159 Å². The molecule has 2 saturated heterocycles. The molecule has 26 heavy (non-hydrogen) atoms. The molecule has 0 unspecified atom stereocenters. The van der Waals surface area contributed by atoms with Gasteiger partial charge in [0, 0.05) is 16.1 Å². The number of amides is 4. The molecule has 2 heterocycles.